The Hall–Kier alpha value is -4.90. The van der Waals surface area contributed by atoms with Crippen LogP contribution in [-0.4, -0.2) is 46.5 Å². The molecular formula is C33H33N3O7S. The largest absolute Gasteiger partial charge is 0.493 e. The molecule has 1 aliphatic heterocycles. The van der Waals surface area contributed by atoms with E-state index in [9.17, 15) is 19.5 Å². The van der Waals surface area contributed by atoms with Crippen molar-refractivity contribution < 1.29 is 28.9 Å². The van der Waals surface area contributed by atoms with E-state index in [1.807, 2.05) is 43.5 Å². The number of benzene rings is 2. The van der Waals surface area contributed by atoms with E-state index in [0.29, 0.717) is 38.7 Å². The lowest BCUT2D eigenvalue weighted by Gasteiger charge is -2.25. The van der Waals surface area contributed by atoms with Gasteiger partial charge in [-0.1, -0.05) is 17.4 Å². The molecule has 2 aromatic heterocycles. The van der Waals surface area contributed by atoms with Crippen molar-refractivity contribution in [2.24, 2.45) is 4.99 Å². The predicted molar refractivity (Wildman–Crippen MR) is 167 cm³/mol. The topological polar surface area (TPSA) is 121 Å². The second kappa shape index (κ2) is 12.4. The van der Waals surface area contributed by atoms with Crippen molar-refractivity contribution in [1.29, 1.82) is 0 Å². The number of nitrogens with zero attached hydrogens (tertiary/aromatic N) is 3. The van der Waals surface area contributed by atoms with E-state index in [1.54, 1.807) is 57.4 Å². The number of carbonyl (C=O) groups excluding carboxylic acids is 1. The van der Waals surface area contributed by atoms with Gasteiger partial charge in [-0.25, -0.2) is 14.6 Å². The van der Waals surface area contributed by atoms with Gasteiger partial charge in [0.2, 0.25) is 0 Å². The molecule has 5 rings (SSSR count). The molecule has 10 nitrogen and oxygen atoms in total. The van der Waals surface area contributed by atoms with Crippen LogP contribution in [0, 0.1) is 13.8 Å². The zero-order valence-electron chi connectivity index (χ0n) is 25.3. The van der Waals surface area contributed by atoms with Crippen molar-refractivity contribution in [3.05, 3.63) is 108 Å². The van der Waals surface area contributed by atoms with E-state index < -0.39 is 18.0 Å². The Kier molecular flexibility index (Phi) is 8.59. The van der Waals surface area contributed by atoms with E-state index >= 15 is 0 Å². The molecule has 0 radical (unpaired) electrons. The fourth-order valence-electron chi connectivity index (χ4n) is 5.46. The van der Waals surface area contributed by atoms with E-state index in [-0.39, 0.29) is 23.3 Å². The van der Waals surface area contributed by atoms with Gasteiger partial charge >= 0.3 is 11.9 Å². The van der Waals surface area contributed by atoms with Gasteiger partial charge in [-0.05, 0) is 94.3 Å². The second-order valence-corrected chi connectivity index (χ2v) is 11.2. The first-order chi connectivity index (χ1) is 21.1. The van der Waals surface area contributed by atoms with Crippen LogP contribution in [0.25, 0.3) is 11.8 Å². The van der Waals surface area contributed by atoms with Gasteiger partial charge in [0.25, 0.3) is 5.56 Å². The lowest BCUT2D eigenvalue weighted by molar-refractivity contribution is -0.139. The summed E-state index contributed by atoms with van der Waals surface area (Å²) in [5.74, 6) is -0.498. The molecule has 0 saturated carbocycles. The smallest absolute Gasteiger partial charge is 0.338 e. The third-order valence-corrected chi connectivity index (χ3v) is 8.43. The summed E-state index contributed by atoms with van der Waals surface area (Å²) in [5, 5.41) is 9.27. The van der Waals surface area contributed by atoms with Gasteiger partial charge in [0.15, 0.2) is 16.3 Å². The summed E-state index contributed by atoms with van der Waals surface area (Å²) in [7, 11) is 1.55. The molecule has 228 valence electrons. The number of hydrogen-bond donors (Lipinski definition) is 1. The van der Waals surface area contributed by atoms with Gasteiger partial charge in [-0.3, -0.25) is 9.36 Å². The SMILES string of the molecule is CCOC(=O)C1=C(C)N=c2s/c(=C\c3cc(C)n(-c4ccc(C(=O)O)cc4)c3C)c(=O)n2C1c1ccc(OC)c(OCC)c1. The van der Waals surface area contributed by atoms with Gasteiger partial charge in [0.1, 0.15) is 0 Å². The number of aryl methyl sites for hydroxylation is 1. The number of carboxylic acid groups (broad SMARTS) is 1. The van der Waals surface area contributed by atoms with E-state index in [2.05, 4.69) is 4.99 Å². The number of ether oxygens (including phenoxy) is 3. The summed E-state index contributed by atoms with van der Waals surface area (Å²) in [6, 6.07) is 13.2. The molecule has 1 aliphatic rings. The molecule has 0 bridgehead atoms. The number of methoxy groups -OCH3 is 1. The van der Waals surface area contributed by atoms with Gasteiger partial charge in [-0.2, -0.15) is 0 Å². The average Bonchev–Trinajstić information content (AvgIpc) is 3.45. The van der Waals surface area contributed by atoms with Gasteiger partial charge < -0.3 is 23.9 Å². The summed E-state index contributed by atoms with van der Waals surface area (Å²) < 4.78 is 20.7. The number of hydrogen-bond acceptors (Lipinski definition) is 8. The van der Waals surface area contributed by atoms with Crippen molar-refractivity contribution in [3.8, 4) is 17.2 Å². The molecule has 0 amide bonds. The summed E-state index contributed by atoms with van der Waals surface area (Å²) in [5.41, 5.74) is 4.76. The van der Waals surface area contributed by atoms with Gasteiger partial charge in [0.05, 0.1) is 47.7 Å². The predicted octanol–water partition coefficient (Wildman–Crippen LogP) is 4.31. The molecule has 0 aliphatic carbocycles. The van der Waals surface area contributed by atoms with Crippen molar-refractivity contribution in [2.75, 3.05) is 20.3 Å². The monoisotopic (exact) mass is 615 g/mol. The molecule has 4 aromatic rings. The molecule has 44 heavy (non-hydrogen) atoms. The van der Waals surface area contributed by atoms with Crippen molar-refractivity contribution in [3.63, 3.8) is 0 Å². The number of aromatic carboxylic acids is 1. The highest BCUT2D eigenvalue weighted by atomic mass is 32.1. The van der Waals surface area contributed by atoms with Gasteiger partial charge in [-0.15, -0.1) is 0 Å². The number of carboxylic acids is 1. The molecule has 2 aromatic carbocycles. The highest BCUT2D eigenvalue weighted by Crippen LogP contribution is 2.36. The summed E-state index contributed by atoms with van der Waals surface area (Å²) in [4.78, 5) is 43.8. The molecule has 1 N–H and O–H groups in total. The number of carbonyl (C=O) groups is 2. The van der Waals surface area contributed by atoms with Crippen LogP contribution in [0.15, 0.2) is 69.6 Å². The quantitative estimate of drug-likeness (QED) is 0.279. The highest BCUT2D eigenvalue weighted by Gasteiger charge is 2.34. The van der Waals surface area contributed by atoms with Crippen LogP contribution >= 0.6 is 11.3 Å². The van der Waals surface area contributed by atoms with Crippen molar-refractivity contribution in [1.82, 2.24) is 9.13 Å². The number of allylic oxidation sites excluding steroid dienone is 1. The van der Waals surface area contributed by atoms with Crippen LogP contribution in [0.4, 0.5) is 0 Å². The number of aromatic nitrogens is 2. The Morgan fingerprint density at radius 1 is 1.02 bits per heavy atom. The molecule has 1 atom stereocenters. The van der Waals surface area contributed by atoms with Crippen molar-refractivity contribution in [2.45, 2.75) is 40.7 Å². The maximum absolute atomic E-state index is 14.1. The minimum Gasteiger partial charge on any atom is -0.493 e. The van der Waals surface area contributed by atoms with Crippen LogP contribution in [-0.2, 0) is 9.53 Å². The lowest BCUT2D eigenvalue weighted by Crippen LogP contribution is -2.40. The Morgan fingerprint density at radius 2 is 1.75 bits per heavy atom. The third-order valence-electron chi connectivity index (χ3n) is 7.45. The molecule has 0 saturated heterocycles. The molecular weight excluding hydrogens is 582 g/mol. The lowest BCUT2D eigenvalue weighted by atomic mass is 9.95. The molecule has 3 heterocycles. The van der Waals surface area contributed by atoms with Gasteiger partial charge in [0, 0.05) is 17.1 Å². The maximum Gasteiger partial charge on any atom is 0.338 e. The summed E-state index contributed by atoms with van der Waals surface area (Å²) in [6.07, 6.45) is 1.83. The fourth-order valence-corrected chi connectivity index (χ4v) is 6.50. The Bertz CT molecular complexity index is 1980. The van der Waals surface area contributed by atoms with Crippen molar-refractivity contribution >= 4 is 29.4 Å². The third kappa shape index (κ3) is 5.46. The standard InChI is InChI=1S/C33H33N3O7S/c1-7-42-26-16-22(11-14-25(26)41-6)29-28(32(40)43-8-2)19(4)34-33-36(29)30(37)27(44-33)17-23-15-18(3)35(20(23)5)24-12-9-21(10-13-24)31(38)39/h9-17,29H,7-8H2,1-6H3,(H,38,39)/b27-17-. The molecule has 0 fully saturated rings. The zero-order chi connectivity index (χ0) is 31.7. The molecule has 11 heteroatoms. The minimum atomic E-state index is -0.989. The number of rotatable bonds is 9. The normalized spacial score (nSPS) is 14.7. The van der Waals surface area contributed by atoms with Crippen LogP contribution in [0.3, 0.4) is 0 Å². The summed E-state index contributed by atoms with van der Waals surface area (Å²) >= 11 is 1.24. The summed E-state index contributed by atoms with van der Waals surface area (Å²) in [6.45, 7) is 9.82. The van der Waals surface area contributed by atoms with Crippen LogP contribution in [0.5, 0.6) is 11.5 Å². The van der Waals surface area contributed by atoms with E-state index in [1.165, 1.54) is 15.9 Å². The first-order valence-electron chi connectivity index (χ1n) is 14.1. The first kappa shape index (κ1) is 30.6. The Morgan fingerprint density at radius 3 is 2.39 bits per heavy atom. The maximum atomic E-state index is 14.1. The Balaban J connectivity index is 1.67. The van der Waals surface area contributed by atoms with Crippen LogP contribution in [0.1, 0.15) is 59.7 Å². The average molecular weight is 616 g/mol. The first-order valence-corrected chi connectivity index (χ1v) is 14.9. The fraction of sp³-hybridized carbons (Fsp3) is 0.273. The molecule has 0 spiro atoms. The minimum absolute atomic E-state index is 0.175. The zero-order valence-corrected chi connectivity index (χ0v) is 26.2. The second-order valence-electron chi connectivity index (χ2n) is 10.2. The highest BCUT2D eigenvalue weighted by molar-refractivity contribution is 7.07. The number of fused-ring (bicyclic) bond motifs is 1. The molecule has 1 unspecified atom stereocenters. The van der Waals surface area contributed by atoms with E-state index in [0.717, 1.165) is 22.6 Å². The Labute approximate surface area is 257 Å². The van der Waals surface area contributed by atoms with Crippen LogP contribution in [0.2, 0.25) is 0 Å². The number of esters is 1. The number of thiazole rings is 1. The van der Waals surface area contributed by atoms with Crippen LogP contribution < -0.4 is 24.4 Å². The van der Waals surface area contributed by atoms with E-state index in [4.69, 9.17) is 14.2 Å².